The Morgan fingerprint density at radius 1 is 1.47 bits per heavy atom. The summed E-state index contributed by atoms with van der Waals surface area (Å²) in [4.78, 5) is 12.1. The number of carbonyl (C=O) groups excluding carboxylic acids is 1. The van der Waals surface area contributed by atoms with Crippen molar-refractivity contribution in [2.24, 2.45) is 5.92 Å². The third-order valence-corrected chi connectivity index (χ3v) is 4.00. The van der Waals surface area contributed by atoms with Crippen molar-refractivity contribution in [2.75, 3.05) is 18.9 Å². The smallest absolute Gasteiger partial charge is 0.251 e. The van der Waals surface area contributed by atoms with Gasteiger partial charge in [0.2, 0.25) is 0 Å². The maximum absolute atomic E-state index is 12.1. The van der Waals surface area contributed by atoms with Crippen molar-refractivity contribution < 1.29 is 9.53 Å². The van der Waals surface area contributed by atoms with Gasteiger partial charge in [-0.2, -0.15) is 0 Å². The molecule has 2 atom stereocenters. The molecule has 4 nitrogen and oxygen atoms in total. The summed E-state index contributed by atoms with van der Waals surface area (Å²) in [5.74, 6) is 0.145. The number of hydrogen-bond donors (Lipinski definition) is 2. The number of rotatable bonds is 3. The summed E-state index contributed by atoms with van der Waals surface area (Å²) in [7, 11) is 0. The molecule has 1 amide bonds. The number of nitrogen functional groups attached to an aromatic ring is 1. The highest BCUT2D eigenvalue weighted by Crippen LogP contribution is 2.29. The molecule has 0 spiro atoms. The van der Waals surface area contributed by atoms with Crippen LogP contribution < -0.4 is 11.1 Å². The highest BCUT2D eigenvalue weighted by atomic mass is 35.5. The minimum Gasteiger partial charge on any atom is -0.396 e. The van der Waals surface area contributed by atoms with Crippen LogP contribution in [0.3, 0.4) is 0 Å². The first-order valence-electron chi connectivity index (χ1n) is 6.12. The van der Waals surface area contributed by atoms with Crippen LogP contribution in [0.2, 0.25) is 10.0 Å². The van der Waals surface area contributed by atoms with Crippen LogP contribution in [-0.4, -0.2) is 25.2 Å². The van der Waals surface area contributed by atoms with Crippen molar-refractivity contribution in [1.29, 1.82) is 0 Å². The molecule has 3 N–H and O–H groups in total. The van der Waals surface area contributed by atoms with E-state index in [0.29, 0.717) is 18.1 Å². The SMILES string of the molecule is CC(NC(=O)c1cc(Cl)c(N)c(Cl)c1)C1CCOC1. The summed E-state index contributed by atoms with van der Waals surface area (Å²) in [6, 6.07) is 3.09. The van der Waals surface area contributed by atoms with E-state index >= 15 is 0 Å². The van der Waals surface area contributed by atoms with Gasteiger partial charge in [0, 0.05) is 24.1 Å². The van der Waals surface area contributed by atoms with E-state index < -0.39 is 0 Å². The molecule has 2 rings (SSSR count). The van der Waals surface area contributed by atoms with Gasteiger partial charge in [-0.05, 0) is 25.5 Å². The van der Waals surface area contributed by atoms with Crippen molar-refractivity contribution >= 4 is 34.8 Å². The molecule has 0 saturated carbocycles. The van der Waals surface area contributed by atoms with Crippen molar-refractivity contribution in [3.05, 3.63) is 27.7 Å². The highest BCUT2D eigenvalue weighted by Gasteiger charge is 2.24. The van der Waals surface area contributed by atoms with Crippen molar-refractivity contribution in [1.82, 2.24) is 5.32 Å². The van der Waals surface area contributed by atoms with E-state index in [2.05, 4.69) is 5.32 Å². The monoisotopic (exact) mass is 302 g/mol. The predicted octanol–water partition coefficient (Wildman–Crippen LogP) is 2.73. The van der Waals surface area contributed by atoms with Gasteiger partial charge >= 0.3 is 0 Å². The molecule has 6 heteroatoms. The fourth-order valence-corrected chi connectivity index (χ4v) is 2.56. The molecule has 104 valence electrons. The molecule has 1 aromatic rings. The molecule has 1 aromatic carbocycles. The van der Waals surface area contributed by atoms with Gasteiger partial charge in [0.25, 0.3) is 5.91 Å². The lowest BCUT2D eigenvalue weighted by Gasteiger charge is -2.19. The maximum atomic E-state index is 12.1. The summed E-state index contributed by atoms with van der Waals surface area (Å²) in [6.45, 7) is 3.41. The second-order valence-corrected chi connectivity index (χ2v) is 5.55. The number of anilines is 1. The van der Waals surface area contributed by atoms with Crippen LogP contribution in [-0.2, 0) is 4.74 Å². The lowest BCUT2D eigenvalue weighted by molar-refractivity contribution is 0.0922. The number of nitrogens with two attached hydrogens (primary N) is 1. The zero-order valence-electron chi connectivity index (χ0n) is 10.6. The number of benzene rings is 1. The molecule has 1 aliphatic heterocycles. The van der Waals surface area contributed by atoms with Gasteiger partial charge in [0.1, 0.15) is 0 Å². The van der Waals surface area contributed by atoms with E-state index in [1.807, 2.05) is 6.92 Å². The molecular weight excluding hydrogens is 287 g/mol. The van der Waals surface area contributed by atoms with Crippen LogP contribution in [0.1, 0.15) is 23.7 Å². The van der Waals surface area contributed by atoms with E-state index in [1.54, 1.807) is 0 Å². The van der Waals surface area contributed by atoms with Crippen molar-refractivity contribution in [2.45, 2.75) is 19.4 Å². The highest BCUT2D eigenvalue weighted by molar-refractivity contribution is 6.39. The first kappa shape index (κ1) is 14.4. The fraction of sp³-hybridized carbons (Fsp3) is 0.462. The van der Waals surface area contributed by atoms with E-state index in [4.69, 9.17) is 33.7 Å². The van der Waals surface area contributed by atoms with E-state index in [9.17, 15) is 4.79 Å². The lowest BCUT2D eigenvalue weighted by Crippen LogP contribution is -2.38. The first-order chi connectivity index (χ1) is 8.99. The van der Waals surface area contributed by atoms with Crippen LogP contribution in [0, 0.1) is 5.92 Å². The lowest BCUT2D eigenvalue weighted by atomic mass is 10.0. The Labute approximate surface area is 122 Å². The first-order valence-corrected chi connectivity index (χ1v) is 6.87. The molecule has 0 aliphatic carbocycles. The predicted molar refractivity (Wildman–Crippen MR) is 76.7 cm³/mol. The van der Waals surface area contributed by atoms with E-state index in [0.717, 1.165) is 13.0 Å². The number of nitrogens with one attached hydrogen (secondary N) is 1. The average molecular weight is 303 g/mol. The van der Waals surface area contributed by atoms with Gasteiger partial charge in [-0.15, -0.1) is 0 Å². The minimum absolute atomic E-state index is 0.0464. The molecule has 1 aliphatic rings. The van der Waals surface area contributed by atoms with Gasteiger partial charge in [-0.1, -0.05) is 23.2 Å². The average Bonchev–Trinajstić information content (AvgIpc) is 2.89. The van der Waals surface area contributed by atoms with Gasteiger partial charge in [0.15, 0.2) is 0 Å². The number of halogens is 2. The Kier molecular flexibility index (Phi) is 4.55. The molecule has 0 radical (unpaired) electrons. The molecule has 0 aromatic heterocycles. The molecule has 1 fully saturated rings. The van der Waals surface area contributed by atoms with Crippen molar-refractivity contribution in [3.63, 3.8) is 0 Å². The summed E-state index contributed by atoms with van der Waals surface area (Å²) in [5, 5.41) is 3.51. The normalized spacial score (nSPS) is 20.3. The summed E-state index contributed by atoms with van der Waals surface area (Å²) in [5.41, 5.74) is 6.34. The third-order valence-electron chi connectivity index (χ3n) is 3.37. The summed E-state index contributed by atoms with van der Waals surface area (Å²) < 4.78 is 5.31. The number of carbonyl (C=O) groups is 1. The Balaban J connectivity index is 2.07. The van der Waals surface area contributed by atoms with Gasteiger partial charge in [-0.25, -0.2) is 0 Å². The number of ether oxygens (including phenoxy) is 1. The fourth-order valence-electron chi connectivity index (χ4n) is 2.07. The van der Waals surface area contributed by atoms with E-state index in [1.165, 1.54) is 12.1 Å². The molecule has 1 saturated heterocycles. The van der Waals surface area contributed by atoms with Crippen LogP contribution >= 0.6 is 23.2 Å². The summed E-state index contributed by atoms with van der Waals surface area (Å²) in [6.07, 6.45) is 0.963. The van der Waals surface area contributed by atoms with Crippen LogP contribution in [0.15, 0.2) is 12.1 Å². The molecule has 19 heavy (non-hydrogen) atoms. The quantitative estimate of drug-likeness (QED) is 0.844. The van der Waals surface area contributed by atoms with Gasteiger partial charge in [0.05, 0.1) is 22.3 Å². The van der Waals surface area contributed by atoms with E-state index in [-0.39, 0.29) is 27.7 Å². The van der Waals surface area contributed by atoms with Crippen molar-refractivity contribution in [3.8, 4) is 0 Å². The maximum Gasteiger partial charge on any atom is 0.251 e. The zero-order valence-corrected chi connectivity index (χ0v) is 12.1. The number of hydrogen-bond acceptors (Lipinski definition) is 3. The van der Waals surface area contributed by atoms with Gasteiger partial charge < -0.3 is 15.8 Å². The molecule has 0 bridgehead atoms. The largest absolute Gasteiger partial charge is 0.396 e. The Morgan fingerprint density at radius 2 is 2.11 bits per heavy atom. The second kappa shape index (κ2) is 5.99. The van der Waals surface area contributed by atoms with Gasteiger partial charge in [-0.3, -0.25) is 4.79 Å². The number of amides is 1. The molecular formula is C13H16Cl2N2O2. The zero-order chi connectivity index (χ0) is 14.0. The Morgan fingerprint density at radius 3 is 2.63 bits per heavy atom. The molecule has 1 heterocycles. The standard InChI is InChI=1S/C13H16Cl2N2O2/c1-7(8-2-3-19-6-8)17-13(18)9-4-10(14)12(16)11(15)5-9/h4-5,7-8H,2-3,6,16H2,1H3,(H,17,18). The Bertz CT molecular complexity index is 465. The van der Waals surface area contributed by atoms with Crippen LogP contribution in [0.5, 0.6) is 0 Å². The van der Waals surface area contributed by atoms with Crippen LogP contribution in [0.4, 0.5) is 5.69 Å². The Hall–Kier alpha value is -0.970. The third kappa shape index (κ3) is 3.32. The molecule has 2 unspecified atom stereocenters. The van der Waals surface area contributed by atoms with Crippen LogP contribution in [0.25, 0.3) is 0 Å². The second-order valence-electron chi connectivity index (χ2n) is 4.74. The minimum atomic E-state index is -0.205. The summed E-state index contributed by atoms with van der Waals surface area (Å²) >= 11 is 11.8. The topological polar surface area (TPSA) is 64.4 Å².